The van der Waals surface area contributed by atoms with Gasteiger partial charge in [0.25, 0.3) is 5.91 Å². The van der Waals surface area contributed by atoms with E-state index in [1.807, 2.05) is 30.3 Å². The van der Waals surface area contributed by atoms with E-state index >= 15 is 0 Å². The zero-order chi connectivity index (χ0) is 28.4. The second-order valence-corrected chi connectivity index (χ2v) is 11.3. The van der Waals surface area contributed by atoms with Crippen molar-refractivity contribution in [1.82, 2.24) is 10.2 Å². The number of nitrogens with zero attached hydrogens (tertiary/aromatic N) is 1. The fourth-order valence-corrected chi connectivity index (χ4v) is 6.26. The Balaban J connectivity index is 1.30. The fraction of sp³-hybridized carbons (Fsp3) is 0.179. The number of ether oxygens (including phenoxy) is 2. The summed E-state index contributed by atoms with van der Waals surface area (Å²) in [4.78, 5) is 38.9. The summed E-state index contributed by atoms with van der Waals surface area (Å²) >= 11 is 19.7. The van der Waals surface area contributed by atoms with Crippen LogP contribution < -0.4 is 14.8 Å². The predicted molar refractivity (Wildman–Crippen MR) is 153 cm³/mol. The smallest absolute Gasteiger partial charge is 0.352 e. The van der Waals surface area contributed by atoms with Crippen molar-refractivity contribution in [3.63, 3.8) is 0 Å². The first-order chi connectivity index (χ1) is 19.2. The molecule has 2 aliphatic rings. The molecule has 3 aromatic carbocycles. The monoisotopic (exact) mass is 618 g/mol. The first kappa shape index (κ1) is 28.2. The molecule has 2 N–H and O–H groups in total. The van der Waals surface area contributed by atoms with Gasteiger partial charge in [-0.3, -0.25) is 14.5 Å². The van der Waals surface area contributed by atoms with E-state index in [1.165, 1.54) is 28.8 Å². The van der Waals surface area contributed by atoms with E-state index in [0.29, 0.717) is 32.1 Å². The minimum atomic E-state index is -1.26. The summed E-state index contributed by atoms with van der Waals surface area (Å²) in [6.07, 6.45) is 0.119. The number of fused-ring (bicyclic) bond motifs is 1. The maximum Gasteiger partial charge on any atom is 0.352 e. The molecule has 1 unspecified atom stereocenters. The zero-order valence-electron chi connectivity index (χ0n) is 20.6. The van der Waals surface area contributed by atoms with Crippen molar-refractivity contribution in [3.05, 3.63) is 98.6 Å². The second kappa shape index (κ2) is 12.0. The molecule has 0 radical (unpaired) electrons. The lowest BCUT2D eigenvalue weighted by Gasteiger charge is -2.49. The molecule has 0 aliphatic carbocycles. The second-order valence-electron chi connectivity index (χ2n) is 8.93. The molecule has 8 nitrogen and oxygen atoms in total. The zero-order valence-corrected chi connectivity index (χ0v) is 23.7. The Bertz CT molecular complexity index is 1520. The van der Waals surface area contributed by atoms with Crippen LogP contribution in [0.2, 0.25) is 15.1 Å². The topological polar surface area (TPSA) is 105 Å². The average Bonchev–Trinajstić information content (AvgIpc) is 2.93. The van der Waals surface area contributed by atoms with E-state index in [-0.39, 0.29) is 36.1 Å². The van der Waals surface area contributed by atoms with Crippen molar-refractivity contribution >= 4 is 64.3 Å². The lowest BCUT2D eigenvalue weighted by molar-refractivity contribution is -0.150. The van der Waals surface area contributed by atoms with Gasteiger partial charge in [0, 0.05) is 27.4 Å². The number of carboxylic acid groups (broad SMARTS) is 1. The van der Waals surface area contributed by atoms with Crippen molar-refractivity contribution in [3.8, 4) is 17.2 Å². The quantitative estimate of drug-likeness (QED) is 0.292. The molecule has 2 heterocycles. The standard InChI is InChI=1S/C28H21Cl3N2O6S/c29-17-6-8-20(19(31)11-17)39-21-9-7-18(30)12-22(21)38-13-16-14-40-27-24(26(35)33(27)25(16)28(36)37)32-23(34)10-15-4-2-1-3-5-15/h1-9,11-12,24,27H,10,13-14H2,(H,32,34)(H,36,37)/t24?,27-/m1/s1. The van der Waals surface area contributed by atoms with Crippen LogP contribution in [0, 0.1) is 0 Å². The fourth-order valence-electron chi connectivity index (χ4n) is 4.32. The molecule has 2 aliphatic heterocycles. The van der Waals surface area contributed by atoms with Crippen LogP contribution in [-0.2, 0) is 20.8 Å². The van der Waals surface area contributed by atoms with Gasteiger partial charge in [0.05, 0.1) is 11.4 Å². The molecule has 0 aromatic heterocycles. The molecule has 3 aromatic rings. The number of amides is 2. The van der Waals surface area contributed by atoms with Crippen molar-refractivity contribution in [2.45, 2.75) is 17.8 Å². The molecule has 1 saturated heterocycles. The number of hydrogen-bond acceptors (Lipinski definition) is 6. The van der Waals surface area contributed by atoms with Gasteiger partial charge in [-0.25, -0.2) is 4.79 Å². The Labute approximate surface area is 248 Å². The molecule has 40 heavy (non-hydrogen) atoms. The largest absolute Gasteiger partial charge is 0.485 e. The number of rotatable bonds is 9. The highest BCUT2D eigenvalue weighted by atomic mass is 35.5. The SMILES string of the molecule is O=C(Cc1ccccc1)NC1C(=O)N2C(C(=O)O)=C(COc3cc(Cl)ccc3Oc3ccc(Cl)cc3Cl)CS[C@H]12. The maximum atomic E-state index is 13.0. The van der Waals surface area contributed by atoms with E-state index in [1.54, 1.807) is 24.3 Å². The summed E-state index contributed by atoms with van der Waals surface area (Å²) in [5.41, 5.74) is 1.05. The van der Waals surface area contributed by atoms with E-state index < -0.39 is 23.3 Å². The van der Waals surface area contributed by atoms with Crippen molar-refractivity contribution < 1.29 is 29.0 Å². The van der Waals surface area contributed by atoms with E-state index in [4.69, 9.17) is 44.3 Å². The predicted octanol–water partition coefficient (Wildman–Crippen LogP) is 5.80. The number of halogens is 3. The highest BCUT2D eigenvalue weighted by Crippen LogP contribution is 2.42. The van der Waals surface area contributed by atoms with Crippen LogP contribution in [0.3, 0.4) is 0 Å². The molecule has 0 saturated carbocycles. The molecule has 5 rings (SSSR count). The number of nitrogens with one attached hydrogen (secondary N) is 1. The molecule has 0 bridgehead atoms. The van der Waals surface area contributed by atoms with Gasteiger partial charge >= 0.3 is 5.97 Å². The third-order valence-electron chi connectivity index (χ3n) is 6.20. The molecule has 12 heteroatoms. The third-order valence-corrected chi connectivity index (χ3v) is 8.30. The molecule has 0 spiro atoms. The first-order valence-electron chi connectivity index (χ1n) is 12.0. The van der Waals surface area contributed by atoms with Gasteiger partial charge in [0.1, 0.15) is 29.5 Å². The van der Waals surface area contributed by atoms with Crippen LogP contribution >= 0.6 is 46.6 Å². The number of β-lactam (4-membered cyclic amide) rings is 1. The van der Waals surface area contributed by atoms with Crippen molar-refractivity contribution in [1.29, 1.82) is 0 Å². The summed E-state index contributed by atoms with van der Waals surface area (Å²) in [6, 6.07) is 17.9. The van der Waals surface area contributed by atoms with Gasteiger partial charge in [0.15, 0.2) is 11.5 Å². The van der Waals surface area contributed by atoms with E-state index in [0.717, 1.165) is 5.56 Å². The van der Waals surface area contributed by atoms with Gasteiger partial charge in [-0.1, -0.05) is 65.1 Å². The van der Waals surface area contributed by atoms with Gasteiger partial charge in [0.2, 0.25) is 5.91 Å². The molecular formula is C28H21Cl3N2O6S. The number of benzene rings is 3. The normalized spacial score (nSPS) is 18.1. The molecule has 2 amide bonds. The van der Waals surface area contributed by atoms with Gasteiger partial charge in [-0.15, -0.1) is 11.8 Å². The lowest BCUT2D eigenvalue weighted by Crippen LogP contribution is -2.70. The summed E-state index contributed by atoms with van der Waals surface area (Å²) in [7, 11) is 0. The van der Waals surface area contributed by atoms with E-state index in [2.05, 4.69) is 5.32 Å². The molecular weight excluding hydrogens is 599 g/mol. The van der Waals surface area contributed by atoms with Crippen LogP contribution in [0.5, 0.6) is 17.2 Å². The minimum absolute atomic E-state index is 0.119. The number of carbonyl (C=O) groups excluding carboxylic acids is 2. The average molecular weight is 620 g/mol. The maximum absolute atomic E-state index is 13.0. The van der Waals surface area contributed by atoms with Crippen LogP contribution in [0.25, 0.3) is 0 Å². The summed E-state index contributed by atoms with van der Waals surface area (Å²) < 4.78 is 11.9. The Hall–Kier alpha value is -3.37. The van der Waals surface area contributed by atoms with Crippen LogP contribution in [0.15, 0.2) is 78.0 Å². The first-order valence-corrected chi connectivity index (χ1v) is 14.2. The third kappa shape index (κ3) is 6.02. The minimum Gasteiger partial charge on any atom is -0.485 e. The summed E-state index contributed by atoms with van der Waals surface area (Å²) in [5, 5.41) is 13.3. The van der Waals surface area contributed by atoms with Crippen molar-refractivity contribution in [2.24, 2.45) is 0 Å². The van der Waals surface area contributed by atoms with Gasteiger partial charge < -0.3 is 19.9 Å². The van der Waals surface area contributed by atoms with Crippen molar-refractivity contribution in [2.75, 3.05) is 12.4 Å². The Kier molecular flexibility index (Phi) is 8.46. The number of thioether (sulfide) groups is 1. The molecule has 2 atom stereocenters. The summed E-state index contributed by atoms with van der Waals surface area (Å²) in [6.45, 7) is -0.138. The summed E-state index contributed by atoms with van der Waals surface area (Å²) in [5.74, 6) is -0.890. The number of carboxylic acids is 1. The Morgan fingerprint density at radius 1 is 0.975 bits per heavy atom. The number of hydrogen-bond donors (Lipinski definition) is 2. The highest BCUT2D eigenvalue weighted by molar-refractivity contribution is 8.00. The van der Waals surface area contributed by atoms with Crippen LogP contribution in [0.4, 0.5) is 0 Å². The molecule has 1 fully saturated rings. The molecule has 206 valence electrons. The Morgan fingerprint density at radius 2 is 1.68 bits per heavy atom. The number of carbonyl (C=O) groups is 3. The number of aliphatic carboxylic acids is 1. The van der Waals surface area contributed by atoms with Crippen LogP contribution in [-0.4, -0.2) is 51.6 Å². The van der Waals surface area contributed by atoms with E-state index in [9.17, 15) is 19.5 Å². The lowest BCUT2D eigenvalue weighted by atomic mass is 10.0. The van der Waals surface area contributed by atoms with Crippen LogP contribution in [0.1, 0.15) is 5.56 Å². The van der Waals surface area contributed by atoms with Gasteiger partial charge in [-0.05, 0) is 35.9 Å². The van der Waals surface area contributed by atoms with Gasteiger partial charge in [-0.2, -0.15) is 0 Å². The Morgan fingerprint density at radius 3 is 2.38 bits per heavy atom. The highest BCUT2D eigenvalue weighted by Gasteiger charge is 2.54.